The first-order valence-corrected chi connectivity index (χ1v) is 11.1. The number of rotatable bonds is 2. The average molecular weight is 423 g/mol. The highest BCUT2D eigenvalue weighted by Crippen LogP contribution is 2.25. The lowest BCUT2D eigenvalue weighted by Crippen LogP contribution is -2.37. The van der Waals surface area contributed by atoms with E-state index in [-0.39, 0.29) is 11.8 Å². The van der Waals surface area contributed by atoms with E-state index in [4.69, 9.17) is 0 Å². The first kappa shape index (κ1) is 18.2. The molecule has 2 aromatic carbocycles. The number of thiazole rings is 2. The summed E-state index contributed by atoms with van der Waals surface area (Å²) in [7, 11) is 0. The predicted molar refractivity (Wildman–Crippen MR) is 116 cm³/mol. The summed E-state index contributed by atoms with van der Waals surface area (Å²) in [5.41, 5.74) is 1.70. The Hall–Kier alpha value is -2.84. The van der Waals surface area contributed by atoms with Crippen molar-refractivity contribution in [2.24, 2.45) is 0 Å². The van der Waals surface area contributed by atoms with E-state index in [0.717, 1.165) is 26.9 Å². The van der Waals surface area contributed by atoms with Gasteiger partial charge in [0.25, 0.3) is 11.8 Å². The molecule has 29 heavy (non-hydrogen) atoms. The van der Waals surface area contributed by atoms with Gasteiger partial charge in [-0.3, -0.25) is 9.59 Å². The molecule has 0 bridgehead atoms. The molecule has 1 aliphatic heterocycles. The Labute approximate surface area is 175 Å². The van der Waals surface area contributed by atoms with Crippen LogP contribution in [0.15, 0.2) is 48.5 Å². The highest BCUT2D eigenvalue weighted by Gasteiger charge is 2.26. The van der Waals surface area contributed by atoms with E-state index in [1.54, 1.807) is 0 Å². The summed E-state index contributed by atoms with van der Waals surface area (Å²) in [5, 5.41) is 1.02. The number of para-hydroxylation sites is 2. The molecule has 0 radical (unpaired) electrons. The van der Waals surface area contributed by atoms with Gasteiger partial charge in [-0.1, -0.05) is 24.3 Å². The molecule has 0 unspecified atom stereocenters. The molecular weight excluding hydrogens is 404 g/mol. The van der Waals surface area contributed by atoms with Gasteiger partial charge in [-0.15, -0.1) is 22.7 Å². The third-order valence-corrected chi connectivity index (χ3v) is 7.07. The highest BCUT2D eigenvalue weighted by atomic mass is 32.1. The van der Waals surface area contributed by atoms with Crippen molar-refractivity contribution in [1.29, 1.82) is 0 Å². The van der Waals surface area contributed by atoms with Crippen LogP contribution in [-0.4, -0.2) is 57.8 Å². The molecule has 1 aliphatic rings. The fraction of sp³-hybridized carbons (Fsp3) is 0.238. The summed E-state index contributed by atoms with van der Waals surface area (Å²) < 4.78 is 2.02. The van der Waals surface area contributed by atoms with E-state index >= 15 is 0 Å². The predicted octanol–water partition coefficient (Wildman–Crippen LogP) is 3.89. The van der Waals surface area contributed by atoms with Gasteiger partial charge in [0.05, 0.1) is 20.4 Å². The van der Waals surface area contributed by atoms with Gasteiger partial charge in [-0.2, -0.15) is 0 Å². The van der Waals surface area contributed by atoms with E-state index in [0.29, 0.717) is 36.2 Å². The van der Waals surface area contributed by atoms with Gasteiger partial charge in [-0.05, 0) is 30.7 Å². The van der Waals surface area contributed by atoms with Gasteiger partial charge in [0.2, 0.25) is 0 Å². The summed E-state index contributed by atoms with van der Waals surface area (Å²) in [6.07, 6.45) is 0.743. The van der Waals surface area contributed by atoms with Crippen LogP contribution in [0.5, 0.6) is 0 Å². The zero-order valence-electron chi connectivity index (χ0n) is 15.6. The van der Waals surface area contributed by atoms with Crippen molar-refractivity contribution in [1.82, 2.24) is 19.8 Å². The molecular formula is C21H18N4O2S2. The van der Waals surface area contributed by atoms with E-state index in [2.05, 4.69) is 9.97 Å². The molecule has 5 rings (SSSR count). The lowest BCUT2D eigenvalue weighted by Gasteiger charge is -2.20. The first-order chi connectivity index (χ1) is 14.2. The second kappa shape index (κ2) is 7.53. The van der Waals surface area contributed by atoms with Crippen LogP contribution in [0.25, 0.3) is 20.4 Å². The fourth-order valence-electron chi connectivity index (χ4n) is 3.52. The average Bonchev–Trinajstić information content (AvgIpc) is 3.30. The molecule has 0 N–H and O–H groups in total. The second-order valence-electron chi connectivity index (χ2n) is 6.91. The number of aromatic nitrogens is 2. The maximum absolute atomic E-state index is 12.9. The monoisotopic (exact) mass is 422 g/mol. The molecule has 0 spiro atoms. The number of benzene rings is 2. The zero-order chi connectivity index (χ0) is 19.8. The molecule has 1 fully saturated rings. The smallest absolute Gasteiger partial charge is 0.282 e. The maximum atomic E-state index is 12.9. The van der Waals surface area contributed by atoms with Gasteiger partial charge in [0, 0.05) is 26.2 Å². The highest BCUT2D eigenvalue weighted by molar-refractivity contribution is 7.20. The molecule has 0 aliphatic carbocycles. The van der Waals surface area contributed by atoms with E-state index in [1.807, 2.05) is 58.3 Å². The van der Waals surface area contributed by atoms with Crippen molar-refractivity contribution in [2.45, 2.75) is 6.42 Å². The number of nitrogens with zero attached hydrogens (tertiary/aromatic N) is 4. The Bertz CT molecular complexity index is 1060. The molecule has 1 saturated heterocycles. The number of hydrogen-bond donors (Lipinski definition) is 0. The van der Waals surface area contributed by atoms with E-state index < -0.39 is 0 Å². The standard InChI is InChI=1S/C21H18N4O2S2/c26-20(18-22-14-6-1-3-8-16(14)28-18)24-10-5-11-25(13-12-24)21(27)19-23-15-7-2-4-9-17(15)29-19/h1-4,6-9H,5,10-13H2. The zero-order valence-corrected chi connectivity index (χ0v) is 17.2. The molecule has 8 heteroatoms. The molecule has 2 aromatic heterocycles. The third-order valence-electron chi connectivity index (χ3n) is 5.02. The molecule has 146 valence electrons. The van der Waals surface area contributed by atoms with Crippen molar-refractivity contribution in [3.8, 4) is 0 Å². The second-order valence-corrected chi connectivity index (χ2v) is 8.97. The minimum Gasteiger partial charge on any atom is -0.335 e. The number of amides is 2. The topological polar surface area (TPSA) is 66.4 Å². The summed E-state index contributed by atoms with van der Waals surface area (Å²) >= 11 is 2.84. The Morgan fingerprint density at radius 1 is 0.690 bits per heavy atom. The SMILES string of the molecule is O=C(c1nc2ccccc2s1)N1CCCN(C(=O)c2nc3ccccc3s2)CC1. The Morgan fingerprint density at radius 2 is 1.14 bits per heavy atom. The maximum Gasteiger partial charge on any atom is 0.282 e. The minimum absolute atomic E-state index is 0.0551. The molecule has 0 atom stereocenters. The molecule has 0 saturated carbocycles. The number of hydrogen-bond acceptors (Lipinski definition) is 6. The minimum atomic E-state index is -0.0551. The normalized spacial score (nSPS) is 15.0. The summed E-state index contributed by atoms with van der Waals surface area (Å²) in [6.45, 7) is 2.26. The van der Waals surface area contributed by atoms with Gasteiger partial charge < -0.3 is 9.80 Å². The van der Waals surface area contributed by atoms with E-state index in [9.17, 15) is 9.59 Å². The van der Waals surface area contributed by atoms with E-state index in [1.165, 1.54) is 22.7 Å². The van der Waals surface area contributed by atoms with Gasteiger partial charge in [0.15, 0.2) is 10.0 Å². The third kappa shape index (κ3) is 3.49. The Balaban J connectivity index is 1.30. The number of carbonyl (C=O) groups is 2. The van der Waals surface area contributed by atoms with Crippen LogP contribution in [-0.2, 0) is 0 Å². The van der Waals surface area contributed by atoms with Crippen LogP contribution in [0.2, 0.25) is 0 Å². The molecule has 2 amide bonds. The number of carbonyl (C=O) groups excluding carboxylic acids is 2. The van der Waals surface area contributed by atoms with Crippen molar-refractivity contribution < 1.29 is 9.59 Å². The van der Waals surface area contributed by atoms with Gasteiger partial charge in [0.1, 0.15) is 0 Å². The fourth-order valence-corrected chi connectivity index (χ4v) is 5.39. The summed E-state index contributed by atoms with van der Waals surface area (Å²) in [4.78, 5) is 38.5. The van der Waals surface area contributed by atoms with Crippen molar-refractivity contribution in [2.75, 3.05) is 26.2 Å². The van der Waals surface area contributed by atoms with Crippen LogP contribution in [0.3, 0.4) is 0 Å². The van der Waals surface area contributed by atoms with Crippen LogP contribution < -0.4 is 0 Å². The van der Waals surface area contributed by atoms with Crippen molar-refractivity contribution >= 4 is 54.9 Å². The van der Waals surface area contributed by atoms with Crippen molar-refractivity contribution in [3.05, 3.63) is 58.5 Å². The van der Waals surface area contributed by atoms with Crippen molar-refractivity contribution in [3.63, 3.8) is 0 Å². The lowest BCUT2D eigenvalue weighted by molar-refractivity contribution is 0.0718. The lowest BCUT2D eigenvalue weighted by atomic mass is 10.3. The Kier molecular flexibility index (Phi) is 4.73. The van der Waals surface area contributed by atoms with Crippen LogP contribution in [0.4, 0.5) is 0 Å². The van der Waals surface area contributed by atoms with Gasteiger partial charge >= 0.3 is 0 Å². The van der Waals surface area contributed by atoms with Crippen LogP contribution in [0.1, 0.15) is 26.0 Å². The Morgan fingerprint density at radius 3 is 1.59 bits per heavy atom. The molecule has 4 aromatic rings. The largest absolute Gasteiger partial charge is 0.335 e. The van der Waals surface area contributed by atoms with Gasteiger partial charge in [-0.25, -0.2) is 9.97 Å². The first-order valence-electron chi connectivity index (χ1n) is 9.49. The quantitative estimate of drug-likeness (QED) is 0.491. The molecule has 3 heterocycles. The van der Waals surface area contributed by atoms with Crippen LogP contribution in [0, 0.1) is 0 Å². The van der Waals surface area contributed by atoms with Crippen LogP contribution >= 0.6 is 22.7 Å². The number of fused-ring (bicyclic) bond motifs is 2. The summed E-state index contributed by atoms with van der Waals surface area (Å²) in [6, 6.07) is 15.5. The molecule has 6 nitrogen and oxygen atoms in total. The summed E-state index contributed by atoms with van der Waals surface area (Å²) in [5.74, 6) is -0.110.